The van der Waals surface area contributed by atoms with Crippen LogP contribution in [-0.4, -0.2) is 42.7 Å². The van der Waals surface area contributed by atoms with Crippen LogP contribution in [0.15, 0.2) is 54.6 Å². The third-order valence-electron chi connectivity index (χ3n) is 4.16. The number of carbonyl (C=O) groups is 1. The highest BCUT2D eigenvalue weighted by Crippen LogP contribution is 2.18. The Balaban J connectivity index is 1.41. The second-order valence-electron chi connectivity index (χ2n) is 5.82. The van der Waals surface area contributed by atoms with Crippen LogP contribution in [0.3, 0.4) is 0 Å². The predicted octanol–water partition coefficient (Wildman–Crippen LogP) is 3.92. The van der Waals surface area contributed by atoms with Gasteiger partial charge >= 0.3 is 0 Å². The third-order valence-corrected chi connectivity index (χ3v) is 5.40. The first-order valence-corrected chi connectivity index (χ1v) is 9.65. The molecule has 0 unspecified atom stereocenters. The molecule has 0 spiro atoms. The van der Waals surface area contributed by atoms with E-state index in [1.165, 1.54) is 11.3 Å². The number of rotatable bonds is 5. The molecule has 126 valence electrons. The van der Waals surface area contributed by atoms with Gasteiger partial charge in [-0.15, -0.1) is 11.8 Å². The van der Waals surface area contributed by atoms with Gasteiger partial charge in [-0.25, -0.2) is 0 Å². The van der Waals surface area contributed by atoms with Crippen LogP contribution in [0.5, 0.6) is 0 Å². The van der Waals surface area contributed by atoms with E-state index in [2.05, 4.69) is 29.2 Å². The highest BCUT2D eigenvalue weighted by Gasteiger charge is 2.20. The fourth-order valence-electron chi connectivity index (χ4n) is 2.78. The van der Waals surface area contributed by atoms with Gasteiger partial charge in [0.25, 0.3) is 0 Å². The summed E-state index contributed by atoms with van der Waals surface area (Å²) in [5.74, 6) is 1.61. The van der Waals surface area contributed by atoms with Crippen molar-refractivity contribution in [1.29, 1.82) is 0 Å². The normalized spacial score (nSPS) is 14.7. The number of hydrogen-bond acceptors (Lipinski definition) is 3. The van der Waals surface area contributed by atoms with Crippen molar-refractivity contribution in [3.05, 3.63) is 65.2 Å². The molecule has 0 aliphatic carbocycles. The van der Waals surface area contributed by atoms with Crippen molar-refractivity contribution in [1.82, 2.24) is 4.90 Å². The SMILES string of the molecule is O=C(CSCc1ccc(Cl)cc1)N1CCN(c2ccccc2)CC1. The molecule has 0 aromatic heterocycles. The van der Waals surface area contributed by atoms with Crippen molar-refractivity contribution in [2.45, 2.75) is 5.75 Å². The molecule has 1 saturated heterocycles. The summed E-state index contributed by atoms with van der Waals surface area (Å²) in [5, 5.41) is 0.746. The molecule has 24 heavy (non-hydrogen) atoms. The molecule has 2 aromatic carbocycles. The second kappa shape index (κ2) is 8.45. The number of carbonyl (C=O) groups excluding carboxylic acids is 1. The largest absolute Gasteiger partial charge is 0.368 e. The van der Waals surface area contributed by atoms with Crippen LogP contribution in [0, 0.1) is 0 Å². The fourth-order valence-corrected chi connectivity index (χ4v) is 3.79. The third kappa shape index (κ3) is 4.68. The molecule has 0 bridgehead atoms. The number of amides is 1. The van der Waals surface area contributed by atoms with Crippen molar-refractivity contribution in [2.75, 3.05) is 36.8 Å². The Morgan fingerprint density at radius 3 is 2.29 bits per heavy atom. The van der Waals surface area contributed by atoms with E-state index in [4.69, 9.17) is 11.6 Å². The molecule has 1 amide bonds. The zero-order valence-corrected chi connectivity index (χ0v) is 15.1. The molecule has 1 aliphatic heterocycles. The zero-order valence-electron chi connectivity index (χ0n) is 13.5. The van der Waals surface area contributed by atoms with Gasteiger partial charge in [0.05, 0.1) is 5.75 Å². The molecule has 1 aliphatic rings. The summed E-state index contributed by atoms with van der Waals surface area (Å²) in [4.78, 5) is 16.7. The summed E-state index contributed by atoms with van der Waals surface area (Å²) < 4.78 is 0. The lowest BCUT2D eigenvalue weighted by Crippen LogP contribution is -2.49. The predicted molar refractivity (Wildman–Crippen MR) is 103 cm³/mol. The summed E-state index contributed by atoms with van der Waals surface area (Å²) in [7, 11) is 0. The Kier molecular flexibility index (Phi) is 6.05. The number of benzene rings is 2. The van der Waals surface area contributed by atoms with Crippen LogP contribution in [0.25, 0.3) is 0 Å². The molecule has 0 radical (unpaired) electrons. The van der Waals surface area contributed by atoms with Gasteiger partial charge in [0.15, 0.2) is 0 Å². The van der Waals surface area contributed by atoms with Crippen molar-refractivity contribution < 1.29 is 4.79 Å². The Morgan fingerprint density at radius 1 is 0.958 bits per heavy atom. The molecule has 2 aromatic rings. The summed E-state index contributed by atoms with van der Waals surface area (Å²) in [6.45, 7) is 3.40. The number of hydrogen-bond donors (Lipinski definition) is 0. The lowest BCUT2D eigenvalue weighted by atomic mass is 10.2. The maximum absolute atomic E-state index is 12.4. The van der Waals surface area contributed by atoms with E-state index in [0.29, 0.717) is 5.75 Å². The monoisotopic (exact) mass is 360 g/mol. The Hall–Kier alpha value is -1.65. The zero-order chi connectivity index (χ0) is 16.8. The van der Waals surface area contributed by atoms with Crippen LogP contribution in [0.2, 0.25) is 5.02 Å². The van der Waals surface area contributed by atoms with Gasteiger partial charge in [0.1, 0.15) is 0 Å². The maximum atomic E-state index is 12.4. The van der Waals surface area contributed by atoms with Gasteiger partial charge in [-0.1, -0.05) is 41.9 Å². The Bertz CT molecular complexity index is 655. The van der Waals surface area contributed by atoms with Gasteiger partial charge in [-0.05, 0) is 29.8 Å². The minimum Gasteiger partial charge on any atom is -0.368 e. The van der Waals surface area contributed by atoms with E-state index in [9.17, 15) is 4.79 Å². The van der Waals surface area contributed by atoms with E-state index >= 15 is 0 Å². The second-order valence-corrected chi connectivity index (χ2v) is 7.24. The standard InChI is InChI=1S/C19H21ClN2OS/c20-17-8-6-16(7-9-17)14-24-15-19(23)22-12-10-21(11-13-22)18-4-2-1-3-5-18/h1-9H,10-15H2. The Morgan fingerprint density at radius 2 is 1.62 bits per heavy atom. The van der Waals surface area contributed by atoms with Crippen LogP contribution in [0.4, 0.5) is 5.69 Å². The topological polar surface area (TPSA) is 23.6 Å². The molecule has 0 saturated carbocycles. The van der Waals surface area contributed by atoms with Crippen molar-refractivity contribution in [2.24, 2.45) is 0 Å². The molecule has 5 heteroatoms. The first kappa shape index (κ1) is 17.2. The van der Waals surface area contributed by atoms with E-state index in [-0.39, 0.29) is 5.91 Å². The molecule has 3 rings (SSSR count). The number of thioether (sulfide) groups is 1. The fraction of sp³-hybridized carbons (Fsp3) is 0.316. The highest BCUT2D eigenvalue weighted by molar-refractivity contribution is 7.99. The first-order valence-electron chi connectivity index (χ1n) is 8.12. The summed E-state index contributed by atoms with van der Waals surface area (Å²) in [5.41, 5.74) is 2.44. The number of piperazine rings is 1. The van der Waals surface area contributed by atoms with E-state index < -0.39 is 0 Å². The Labute approximate surface area is 152 Å². The highest BCUT2D eigenvalue weighted by atomic mass is 35.5. The minimum absolute atomic E-state index is 0.238. The van der Waals surface area contributed by atoms with Crippen LogP contribution >= 0.6 is 23.4 Å². The van der Waals surface area contributed by atoms with Crippen molar-refractivity contribution >= 4 is 35.0 Å². The number of halogens is 1. The molecule has 0 atom stereocenters. The van der Waals surface area contributed by atoms with Gasteiger partial charge in [-0.2, -0.15) is 0 Å². The van der Waals surface area contributed by atoms with Crippen LogP contribution in [0.1, 0.15) is 5.56 Å². The molecule has 0 N–H and O–H groups in total. The first-order chi connectivity index (χ1) is 11.7. The molecule has 1 fully saturated rings. The van der Waals surface area contributed by atoms with Gasteiger partial charge in [0.2, 0.25) is 5.91 Å². The average molecular weight is 361 g/mol. The molecular formula is C19H21ClN2OS. The van der Waals surface area contributed by atoms with Crippen LogP contribution < -0.4 is 4.90 Å². The average Bonchev–Trinajstić information content (AvgIpc) is 2.64. The minimum atomic E-state index is 0.238. The number of anilines is 1. The molecule has 1 heterocycles. The van der Waals surface area contributed by atoms with Gasteiger partial charge < -0.3 is 9.80 Å². The summed E-state index contributed by atoms with van der Waals surface area (Å²) in [6.07, 6.45) is 0. The molecular weight excluding hydrogens is 340 g/mol. The lowest BCUT2D eigenvalue weighted by molar-refractivity contribution is -0.128. The van der Waals surface area contributed by atoms with Crippen molar-refractivity contribution in [3.8, 4) is 0 Å². The number of para-hydroxylation sites is 1. The quantitative estimate of drug-likeness (QED) is 0.807. The van der Waals surface area contributed by atoms with Gasteiger partial charge in [-0.3, -0.25) is 4.79 Å². The summed E-state index contributed by atoms with van der Waals surface area (Å²) in [6, 6.07) is 18.2. The van der Waals surface area contributed by atoms with E-state index in [0.717, 1.165) is 37.0 Å². The van der Waals surface area contributed by atoms with Crippen molar-refractivity contribution in [3.63, 3.8) is 0 Å². The van der Waals surface area contributed by atoms with Crippen LogP contribution in [-0.2, 0) is 10.5 Å². The maximum Gasteiger partial charge on any atom is 0.232 e. The summed E-state index contributed by atoms with van der Waals surface area (Å²) >= 11 is 7.55. The number of nitrogens with zero attached hydrogens (tertiary/aromatic N) is 2. The van der Waals surface area contributed by atoms with Gasteiger partial charge in [0, 0.05) is 42.6 Å². The lowest BCUT2D eigenvalue weighted by Gasteiger charge is -2.36. The smallest absolute Gasteiger partial charge is 0.232 e. The van der Waals surface area contributed by atoms with E-state index in [1.54, 1.807) is 11.8 Å². The van der Waals surface area contributed by atoms with E-state index in [1.807, 2.05) is 35.2 Å². The molecule has 3 nitrogen and oxygen atoms in total.